The van der Waals surface area contributed by atoms with Gasteiger partial charge in [0.05, 0.1) is 11.3 Å². The van der Waals surface area contributed by atoms with Crippen LogP contribution >= 0.6 is 22.6 Å². The molecule has 0 bridgehead atoms. The second-order valence-electron chi connectivity index (χ2n) is 7.17. The number of halogens is 4. The van der Waals surface area contributed by atoms with Crippen LogP contribution in [-0.2, 0) is 16.5 Å². The monoisotopic (exact) mass is 510 g/mol. The Kier molecular flexibility index (Phi) is 4.85. The van der Waals surface area contributed by atoms with Crippen LogP contribution in [0.3, 0.4) is 0 Å². The number of carbonyl (C=O) groups excluding carboxylic acids is 1. The van der Waals surface area contributed by atoms with Crippen LogP contribution in [0.15, 0.2) is 54.6 Å². The second-order valence-corrected chi connectivity index (χ2v) is 8.42. The van der Waals surface area contributed by atoms with E-state index in [1.807, 2.05) is 53.8 Å². The molecule has 0 saturated carbocycles. The molecule has 0 saturated heterocycles. The Morgan fingerprint density at radius 3 is 2.41 bits per heavy atom. The molecule has 7 heteroatoms. The number of amides is 1. The van der Waals surface area contributed by atoms with Gasteiger partial charge in [-0.3, -0.25) is 4.79 Å². The number of carbonyl (C=O) groups is 1. The van der Waals surface area contributed by atoms with E-state index in [-0.39, 0.29) is 11.3 Å². The summed E-state index contributed by atoms with van der Waals surface area (Å²) in [5, 5.41) is 1.74. The van der Waals surface area contributed by atoms with Crippen LogP contribution in [0.5, 0.6) is 0 Å². The first-order valence-corrected chi connectivity index (χ1v) is 10.3. The highest BCUT2D eigenvalue weighted by Gasteiger charge is 2.54. The van der Waals surface area contributed by atoms with Crippen LogP contribution in [0.4, 0.5) is 18.9 Å². The molecule has 1 aliphatic heterocycles. The maximum absolute atomic E-state index is 14.0. The van der Waals surface area contributed by atoms with E-state index in [1.165, 1.54) is 4.90 Å². The Morgan fingerprint density at radius 1 is 1.07 bits per heavy atom. The maximum atomic E-state index is 14.0. The van der Waals surface area contributed by atoms with Crippen LogP contribution in [0.2, 0.25) is 0 Å². The molecule has 0 aromatic heterocycles. The van der Waals surface area contributed by atoms with Crippen molar-refractivity contribution in [3.05, 3.63) is 74.9 Å². The number of benzene rings is 3. The third-order valence-corrected chi connectivity index (χ3v) is 5.93. The fourth-order valence-corrected chi connectivity index (χ4v) is 4.63. The van der Waals surface area contributed by atoms with Crippen molar-refractivity contribution in [1.29, 1.82) is 0 Å². The van der Waals surface area contributed by atoms with Crippen molar-refractivity contribution in [2.24, 2.45) is 5.73 Å². The Labute approximate surface area is 179 Å². The fraction of sp³-hybridized carbons (Fsp3) is 0.227. The van der Waals surface area contributed by atoms with Gasteiger partial charge in [-0.1, -0.05) is 43.3 Å². The molecule has 3 aromatic rings. The lowest BCUT2D eigenvalue weighted by molar-refractivity contribution is -0.138. The molecule has 29 heavy (non-hydrogen) atoms. The molecular weight excluding hydrogens is 492 g/mol. The number of hydrogen-bond acceptors (Lipinski definition) is 2. The van der Waals surface area contributed by atoms with Gasteiger partial charge in [0.15, 0.2) is 0 Å². The number of nitrogens with zero attached hydrogens (tertiary/aromatic N) is 1. The van der Waals surface area contributed by atoms with E-state index in [1.54, 1.807) is 24.3 Å². The molecule has 0 aliphatic carbocycles. The number of rotatable bonds is 3. The average molecular weight is 510 g/mol. The quantitative estimate of drug-likeness (QED) is 0.479. The molecule has 2 N–H and O–H groups in total. The lowest BCUT2D eigenvalue weighted by Gasteiger charge is -2.27. The summed E-state index contributed by atoms with van der Waals surface area (Å²) >= 11 is 1.84. The van der Waals surface area contributed by atoms with Gasteiger partial charge in [-0.15, -0.1) is 0 Å². The van der Waals surface area contributed by atoms with Gasteiger partial charge in [0.25, 0.3) is 5.91 Å². The zero-order valence-corrected chi connectivity index (χ0v) is 17.7. The minimum absolute atomic E-state index is 0.167. The summed E-state index contributed by atoms with van der Waals surface area (Å²) < 4.78 is 42.4. The summed E-state index contributed by atoms with van der Waals surface area (Å²) in [6.45, 7) is 2.17. The molecule has 1 heterocycles. The molecular formula is C22H18F3IN2O. The van der Waals surface area contributed by atoms with E-state index in [9.17, 15) is 18.0 Å². The van der Waals surface area contributed by atoms with Crippen LogP contribution in [0, 0.1) is 3.57 Å². The summed E-state index contributed by atoms with van der Waals surface area (Å²) in [4.78, 5) is 14.8. The SMILES string of the molecule is CCCN1C(=O)C(N)(c2ccc3ccccc3c2)c2c1cc(I)cc2C(F)(F)F. The molecule has 0 fully saturated rings. The Balaban J connectivity index is 2.05. The van der Waals surface area contributed by atoms with Gasteiger partial charge in [0.2, 0.25) is 0 Å². The van der Waals surface area contributed by atoms with Crippen molar-refractivity contribution < 1.29 is 18.0 Å². The van der Waals surface area contributed by atoms with Gasteiger partial charge in [0.1, 0.15) is 5.54 Å². The number of fused-ring (bicyclic) bond motifs is 2. The van der Waals surface area contributed by atoms with E-state index in [0.29, 0.717) is 22.1 Å². The van der Waals surface area contributed by atoms with Crippen molar-refractivity contribution in [3.63, 3.8) is 0 Å². The first-order chi connectivity index (χ1) is 13.7. The van der Waals surface area contributed by atoms with Crippen molar-refractivity contribution in [2.45, 2.75) is 25.1 Å². The molecule has 3 nitrogen and oxygen atoms in total. The summed E-state index contributed by atoms with van der Waals surface area (Å²) in [6, 6.07) is 15.3. The number of alkyl halides is 3. The number of hydrogen-bond donors (Lipinski definition) is 1. The van der Waals surface area contributed by atoms with E-state index >= 15 is 0 Å². The third kappa shape index (κ3) is 3.11. The second kappa shape index (κ2) is 6.98. The maximum Gasteiger partial charge on any atom is 0.416 e. The van der Waals surface area contributed by atoms with Gasteiger partial charge in [-0.2, -0.15) is 13.2 Å². The standard InChI is InChI=1S/C22H18F3IN2O/c1-2-9-28-18-12-16(26)11-17(22(23,24)25)19(18)21(27,20(28)29)15-8-7-13-5-3-4-6-14(13)10-15/h3-8,10-12H,2,9,27H2,1H3. The van der Waals surface area contributed by atoms with E-state index in [2.05, 4.69) is 0 Å². The third-order valence-electron chi connectivity index (χ3n) is 5.31. The van der Waals surface area contributed by atoms with Gasteiger partial charge < -0.3 is 10.6 Å². The van der Waals surface area contributed by atoms with Gasteiger partial charge >= 0.3 is 6.18 Å². The lowest BCUT2D eigenvalue weighted by atomic mass is 9.81. The van der Waals surface area contributed by atoms with Gasteiger partial charge in [0, 0.05) is 15.7 Å². The molecule has 1 unspecified atom stereocenters. The summed E-state index contributed by atoms with van der Waals surface area (Å²) in [7, 11) is 0. The Hall–Kier alpha value is -2.13. The minimum atomic E-state index is -4.63. The highest BCUT2D eigenvalue weighted by molar-refractivity contribution is 14.1. The largest absolute Gasteiger partial charge is 0.416 e. The first-order valence-electron chi connectivity index (χ1n) is 9.19. The van der Waals surface area contributed by atoms with Crippen LogP contribution in [0.25, 0.3) is 10.8 Å². The minimum Gasteiger partial charge on any atom is -0.310 e. The summed E-state index contributed by atoms with van der Waals surface area (Å²) in [6.07, 6.45) is -4.03. The number of nitrogens with two attached hydrogens (primary N) is 1. The smallest absolute Gasteiger partial charge is 0.310 e. The number of anilines is 1. The van der Waals surface area contributed by atoms with Crippen LogP contribution in [-0.4, -0.2) is 12.5 Å². The van der Waals surface area contributed by atoms with Gasteiger partial charge in [-0.05, 0) is 63.5 Å². The average Bonchev–Trinajstić information content (AvgIpc) is 2.89. The molecule has 1 atom stereocenters. The van der Waals surface area contributed by atoms with Crippen molar-refractivity contribution in [2.75, 3.05) is 11.4 Å². The molecule has 150 valence electrons. The van der Waals surface area contributed by atoms with Crippen LogP contribution in [0.1, 0.15) is 30.0 Å². The molecule has 0 radical (unpaired) electrons. The zero-order chi connectivity index (χ0) is 21.0. The lowest BCUT2D eigenvalue weighted by Crippen LogP contribution is -2.49. The molecule has 1 aliphatic rings. The Morgan fingerprint density at radius 2 is 1.76 bits per heavy atom. The van der Waals surface area contributed by atoms with Crippen molar-refractivity contribution >= 4 is 45.0 Å². The molecule has 4 rings (SSSR count). The van der Waals surface area contributed by atoms with E-state index in [4.69, 9.17) is 5.73 Å². The fourth-order valence-electron chi connectivity index (χ4n) is 4.02. The van der Waals surface area contributed by atoms with E-state index < -0.39 is 23.2 Å². The predicted octanol–water partition coefficient (Wildman–Crippen LogP) is 5.42. The summed E-state index contributed by atoms with van der Waals surface area (Å²) in [5.41, 5.74) is 4.27. The normalized spacial score (nSPS) is 19.1. The molecule has 3 aromatic carbocycles. The summed E-state index contributed by atoms with van der Waals surface area (Å²) in [5.74, 6) is -0.530. The van der Waals surface area contributed by atoms with Crippen molar-refractivity contribution in [1.82, 2.24) is 0 Å². The highest BCUT2D eigenvalue weighted by atomic mass is 127. The Bertz CT molecular complexity index is 1130. The van der Waals surface area contributed by atoms with Gasteiger partial charge in [-0.25, -0.2) is 0 Å². The zero-order valence-electron chi connectivity index (χ0n) is 15.6. The topological polar surface area (TPSA) is 46.3 Å². The molecule has 1 amide bonds. The highest BCUT2D eigenvalue weighted by Crippen LogP contribution is 2.49. The van der Waals surface area contributed by atoms with Crippen molar-refractivity contribution in [3.8, 4) is 0 Å². The predicted molar refractivity (Wildman–Crippen MR) is 116 cm³/mol. The molecule has 0 spiro atoms. The van der Waals surface area contributed by atoms with Crippen LogP contribution < -0.4 is 10.6 Å². The van der Waals surface area contributed by atoms with E-state index in [0.717, 1.165) is 16.8 Å². The first kappa shape index (κ1) is 20.2.